The van der Waals surface area contributed by atoms with Crippen LogP contribution < -0.4 is 4.74 Å². The molecule has 24 heavy (non-hydrogen) atoms. The summed E-state index contributed by atoms with van der Waals surface area (Å²) in [7, 11) is 0. The van der Waals surface area contributed by atoms with Crippen LogP contribution in [0.3, 0.4) is 0 Å². The van der Waals surface area contributed by atoms with Crippen LogP contribution in [0.1, 0.15) is 27.0 Å². The molecule has 120 valence electrons. The van der Waals surface area contributed by atoms with Gasteiger partial charge in [-0.3, -0.25) is 4.79 Å². The van der Waals surface area contributed by atoms with Crippen molar-refractivity contribution in [1.82, 2.24) is 0 Å². The number of carbonyl (C=O) groups is 1. The van der Waals surface area contributed by atoms with Crippen LogP contribution in [0, 0.1) is 13.8 Å². The predicted molar refractivity (Wildman–Crippen MR) is 94.0 cm³/mol. The molecule has 0 radical (unpaired) electrons. The fraction of sp³-hybridized carbons (Fsp3) is 0.0952. The third-order valence-corrected chi connectivity index (χ3v) is 3.82. The van der Waals surface area contributed by atoms with Gasteiger partial charge in [-0.05, 0) is 61.9 Å². The summed E-state index contributed by atoms with van der Waals surface area (Å²) in [5.41, 5.74) is 3.04. The monoisotopic (exact) mass is 318 g/mol. The summed E-state index contributed by atoms with van der Waals surface area (Å²) < 4.78 is 5.87. The lowest BCUT2D eigenvalue weighted by molar-refractivity contribution is 0.103. The number of carbonyl (C=O) groups excluding carboxylic acids is 1. The van der Waals surface area contributed by atoms with E-state index in [0.717, 1.165) is 11.3 Å². The van der Waals surface area contributed by atoms with Crippen molar-refractivity contribution in [2.75, 3.05) is 0 Å². The molecule has 0 aliphatic heterocycles. The lowest BCUT2D eigenvalue weighted by Crippen LogP contribution is -2.01. The predicted octanol–water partition coefficient (Wildman–Crippen LogP) is 5.03. The number of ketones is 1. The standard InChI is InChI=1S/C21H18O3/c1-14-7-12-20(15(2)13-14)24-17-10-8-16(9-11-17)21(23)18-5-3-4-6-19(18)22/h3-13,22H,1-2H3. The minimum absolute atomic E-state index is 0.0156. The maximum Gasteiger partial charge on any atom is 0.196 e. The Morgan fingerprint density at radius 2 is 1.62 bits per heavy atom. The number of aromatic hydroxyl groups is 1. The van der Waals surface area contributed by atoms with E-state index in [2.05, 4.69) is 6.07 Å². The first kappa shape index (κ1) is 15.8. The first-order valence-corrected chi connectivity index (χ1v) is 7.72. The number of aryl methyl sites for hydroxylation is 2. The molecule has 0 bridgehead atoms. The summed E-state index contributed by atoms with van der Waals surface area (Å²) in [6.07, 6.45) is 0. The molecule has 3 rings (SSSR count). The van der Waals surface area contributed by atoms with Crippen molar-refractivity contribution < 1.29 is 14.6 Å². The number of phenolic OH excluding ortho intramolecular Hbond substituents is 1. The molecule has 0 amide bonds. The van der Waals surface area contributed by atoms with Gasteiger partial charge in [-0.1, -0.05) is 29.8 Å². The topological polar surface area (TPSA) is 46.5 Å². The van der Waals surface area contributed by atoms with E-state index in [1.807, 2.05) is 26.0 Å². The van der Waals surface area contributed by atoms with Gasteiger partial charge >= 0.3 is 0 Å². The average Bonchev–Trinajstić information content (AvgIpc) is 2.58. The Balaban J connectivity index is 1.81. The Morgan fingerprint density at radius 1 is 0.917 bits per heavy atom. The third kappa shape index (κ3) is 3.30. The molecule has 0 atom stereocenters. The number of para-hydroxylation sites is 1. The van der Waals surface area contributed by atoms with Crippen molar-refractivity contribution in [2.45, 2.75) is 13.8 Å². The molecule has 0 saturated heterocycles. The van der Waals surface area contributed by atoms with Gasteiger partial charge in [-0.25, -0.2) is 0 Å². The molecule has 3 aromatic rings. The van der Waals surface area contributed by atoms with Gasteiger partial charge in [-0.2, -0.15) is 0 Å². The Labute approximate surface area is 141 Å². The van der Waals surface area contributed by atoms with E-state index in [1.54, 1.807) is 42.5 Å². The zero-order chi connectivity index (χ0) is 17.1. The Morgan fingerprint density at radius 3 is 2.29 bits per heavy atom. The first-order chi connectivity index (χ1) is 11.5. The minimum atomic E-state index is -0.217. The van der Waals surface area contributed by atoms with E-state index in [4.69, 9.17) is 4.74 Å². The zero-order valence-corrected chi connectivity index (χ0v) is 13.6. The van der Waals surface area contributed by atoms with E-state index in [1.165, 1.54) is 11.6 Å². The van der Waals surface area contributed by atoms with Crippen LogP contribution in [0.4, 0.5) is 0 Å². The highest BCUT2D eigenvalue weighted by Gasteiger charge is 2.13. The van der Waals surface area contributed by atoms with Crippen molar-refractivity contribution in [3.63, 3.8) is 0 Å². The number of hydrogen-bond acceptors (Lipinski definition) is 3. The molecule has 0 spiro atoms. The second kappa shape index (κ2) is 6.59. The fourth-order valence-corrected chi connectivity index (χ4v) is 2.54. The van der Waals surface area contributed by atoms with Gasteiger partial charge in [0.15, 0.2) is 5.78 Å². The normalized spacial score (nSPS) is 10.4. The van der Waals surface area contributed by atoms with Crippen LogP contribution in [0.25, 0.3) is 0 Å². The van der Waals surface area contributed by atoms with Crippen LogP contribution in [-0.2, 0) is 0 Å². The number of hydrogen-bond donors (Lipinski definition) is 1. The lowest BCUT2D eigenvalue weighted by atomic mass is 10.0. The number of phenols is 1. The van der Waals surface area contributed by atoms with Crippen LogP contribution >= 0.6 is 0 Å². The second-order valence-electron chi connectivity index (χ2n) is 5.74. The summed E-state index contributed by atoms with van der Waals surface area (Å²) in [5.74, 6) is 1.22. The molecule has 0 aliphatic rings. The highest BCUT2D eigenvalue weighted by atomic mass is 16.5. The molecule has 0 unspecified atom stereocenters. The summed E-state index contributed by atoms with van der Waals surface area (Å²) in [4.78, 5) is 12.4. The molecular weight excluding hydrogens is 300 g/mol. The van der Waals surface area contributed by atoms with Crippen LogP contribution in [0.2, 0.25) is 0 Å². The summed E-state index contributed by atoms with van der Waals surface area (Å²) >= 11 is 0. The zero-order valence-electron chi connectivity index (χ0n) is 13.6. The number of benzene rings is 3. The molecule has 0 fully saturated rings. The average molecular weight is 318 g/mol. The lowest BCUT2D eigenvalue weighted by Gasteiger charge is -2.10. The molecule has 0 heterocycles. The maximum atomic E-state index is 12.4. The Hall–Kier alpha value is -3.07. The van der Waals surface area contributed by atoms with E-state index in [9.17, 15) is 9.90 Å². The van der Waals surface area contributed by atoms with Gasteiger partial charge < -0.3 is 9.84 Å². The summed E-state index contributed by atoms with van der Waals surface area (Å²) in [5, 5.41) is 9.80. The summed E-state index contributed by atoms with van der Waals surface area (Å²) in [6, 6.07) is 19.4. The molecule has 3 heteroatoms. The van der Waals surface area contributed by atoms with E-state index >= 15 is 0 Å². The molecule has 3 aromatic carbocycles. The minimum Gasteiger partial charge on any atom is -0.507 e. The molecule has 3 nitrogen and oxygen atoms in total. The highest BCUT2D eigenvalue weighted by molar-refractivity contribution is 6.10. The molecule has 0 saturated carbocycles. The number of ether oxygens (including phenoxy) is 1. The molecule has 1 N–H and O–H groups in total. The van der Waals surface area contributed by atoms with E-state index in [-0.39, 0.29) is 11.5 Å². The van der Waals surface area contributed by atoms with Crippen molar-refractivity contribution in [2.24, 2.45) is 0 Å². The smallest absolute Gasteiger partial charge is 0.196 e. The van der Waals surface area contributed by atoms with Gasteiger partial charge in [0.25, 0.3) is 0 Å². The van der Waals surface area contributed by atoms with Gasteiger partial charge in [0.2, 0.25) is 0 Å². The largest absolute Gasteiger partial charge is 0.507 e. The van der Waals surface area contributed by atoms with Crippen LogP contribution in [0.5, 0.6) is 17.2 Å². The second-order valence-corrected chi connectivity index (χ2v) is 5.74. The highest BCUT2D eigenvalue weighted by Crippen LogP contribution is 2.27. The Kier molecular flexibility index (Phi) is 4.34. The van der Waals surface area contributed by atoms with Crippen LogP contribution in [-0.4, -0.2) is 10.9 Å². The quantitative estimate of drug-likeness (QED) is 0.686. The fourth-order valence-electron chi connectivity index (χ4n) is 2.54. The number of rotatable bonds is 4. The summed E-state index contributed by atoms with van der Waals surface area (Å²) in [6.45, 7) is 4.04. The Bertz CT molecular complexity index is 880. The molecular formula is C21H18O3. The third-order valence-electron chi connectivity index (χ3n) is 3.82. The van der Waals surface area contributed by atoms with Crippen molar-refractivity contribution >= 4 is 5.78 Å². The molecule has 0 aromatic heterocycles. The maximum absolute atomic E-state index is 12.4. The van der Waals surface area contributed by atoms with Gasteiger partial charge in [0.05, 0.1) is 5.56 Å². The van der Waals surface area contributed by atoms with Crippen LogP contribution in [0.15, 0.2) is 66.7 Å². The van der Waals surface area contributed by atoms with Gasteiger partial charge in [0, 0.05) is 5.56 Å². The van der Waals surface area contributed by atoms with Crippen molar-refractivity contribution in [1.29, 1.82) is 0 Å². The van der Waals surface area contributed by atoms with E-state index in [0.29, 0.717) is 16.9 Å². The SMILES string of the molecule is Cc1ccc(Oc2ccc(C(=O)c3ccccc3O)cc2)c(C)c1. The van der Waals surface area contributed by atoms with Gasteiger partial charge in [-0.15, -0.1) is 0 Å². The first-order valence-electron chi connectivity index (χ1n) is 7.72. The molecule has 0 aliphatic carbocycles. The van der Waals surface area contributed by atoms with Crippen molar-refractivity contribution in [3.05, 3.63) is 89.0 Å². The van der Waals surface area contributed by atoms with Crippen molar-refractivity contribution in [3.8, 4) is 17.2 Å². The van der Waals surface area contributed by atoms with Gasteiger partial charge in [0.1, 0.15) is 17.2 Å². The van der Waals surface area contributed by atoms with E-state index < -0.39 is 0 Å².